The molecule has 150 valence electrons. The Labute approximate surface area is 189 Å². The quantitative estimate of drug-likeness (QED) is 0.355. The molecule has 30 heavy (non-hydrogen) atoms. The molecule has 3 heterocycles. The van der Waals surface area contributed by atoms with Crippen LogP contribution in [-0.2, 0) is 0 Å². The Hall–Kier alpha value is -2.51. The van der Waals surface area contributed by atoms with Gasteiger partial charge in [0.1, 0.15) is 6.07 Å². The standard InChI is InChI=1S/C22H18IN5OS/c23-30-28-11-9-18-20(8-7-15(12-24)21(18)28)26-10-3-4-16(13-26)27-14-25-19-6-2-1-5-17(19)22(27)29/h1-2,5-9,11,14,16H,3-4,10,13H2/t16-/m0/s1. The van der Waals surface area contributed by atoms with Crippen LogP contribution in [0.4, 0.5) is 5.69 Å². The van der Waals surface area contributed by atoms with E-state index in [1.165, 1.54) is 0 Å². The summed E-state index contributed by atoms with van der Waals surface area (Å²) in [6, 6.07) is 15.9. The summed E-state index contributed by atoms with van der Waals surface area (Å²) in [5, 5.41) is 11.3. The molecule has 1 saturated heterocycles. The molecule has 0 bridgehead atoms. The third-order valence-corrected chi connectivity index (χ3v) is 7.53. The lowest BCUT2D eigenvalue weighted by molar-refractivity contribution is 0.395. The molecule has 1 fully saturated rings. The molecule has 0 spiro atoms. The van der Waals surface area contributed by atoms with E-state index in [9.17, 15) is 10.1 Å². The molecule has 0 radical (unpaired) electrons. The van der Waals surface area contributed by atoms with Gasteiger partial charge in [-0.05, 0) is 43.2 Å². The van der Waals surface area contributed by atoms with Crippen molar-refractivity contribution in [1.82, 2.24) is 13.5 Å². The van der Waals surface area contributed by atoms with Gasteiger partial charge < -0.3 is 4.90 Å². The molecule has 2 aromatic carbocycles. The highest BCUT2D eigenvalue weighted by molar-refractivity contribution is 14.2. The number of piperidine rings is 1. The Morgan fingerprint density at radius 1 is 1.17 bits per heavy atom. The van der Waals surface area contributed by atoms with Crippen LogP contribution in [0.1, 0.15) is 24.4 Å². The van der Waals surface area contributed by atoms with E-state index in [0.717, 1.165) is 48.0 Å². The van der Waals surface area contributed by atoms with Gasteiger partial charge in [0.25, 0.3) is 5.56 Å². The van der Waals surface area contributed by atoms with Crippen molar-refractivity contribution < 1.29 is 0 Å². The molecule has 1 atom stereocenters. The van der Waals surface area contributed by atoms with Crippen molar-refractivity contribution in [3.8, 4) is 6.07 Å². The van der Waals surface area contributed by atoms with Gasteiger partial charge >= 0.3 is 0 Å². The van der Waals surface area contributed by atoms with Crippen molar-refractivity contribution in [2.45, 2.75) is 18.9 Å². The minimum absolute atomic E-state index is 0.0184. The minimum Gasteiger partial charge on any atom is -0.369 e. The highest BCUT2D eigenvalue weighted by atomic mass is 127. The molecule has 4 aromatic rings. The maximum atomic E-state index is 13.1. The van der Waals surface area contributed by atoms with Crippen molar-refractivity contribution in [2.24, 2.45) is 0 Å². The zero-order valence-electron chi connectivity index (χ0n) is 16.0. The van der Waals surface area contributed by atoms with Crippen molar-refractivity contribution in [3.05, 3.63) is 70.9 Å². The first-order valence-electron chi connectivity index (χ1n) is 9.75. The highest BCUT2D eigenvalue weighted by Crippen LogP contribution is 2.36. The van der Waals surface area contributed by atoms with Gasteiger partial charge in [-0.25, -0.2) is 4.98 Å². The molecular formula is C22H18IN5OS. The SMILES string of the molecule is N#Cc1ccc(N2CCC[C@H](n3cnc4ccccc4c3=O)C2)c2ccn(SI)c12. The van der Waals surface area contributed by atoms with Crippen LogP contribution < -0.4 is 10.5 Å². The maximum Gasteiger partial charge on any atom is 0.261 e. The van der Waals surface area contributed by atoms with Crippen LogP contribution in [0, 0.1) is 11.3 Å². The Bertz CT molecular complexity index is 1360. The Morgan fingerprint density at radius 2 is 2.03 bits per heavy atom. The molecule has 8 heteroatoms. The number of halogens is 1. The van der Waals surface area contributed by atoms with Crippen LogP contribution in [0.25, 0.3) is 21.8 Å². The van der Waals surface area contributed by atoms with Crippen LogP contribution in [-0.4, -0.2) is 26.6 Å². The predicted molar refractivity (Wildman–Crippen MR) is 130 cm³/mol. The van der Waals surface area contributed by atoms with E-state index in [0.29, 0.717) is 10.9 Å². The largest absolute Gasteiger partial charge is 0.369 e. The molecule has 0 amide bonds. The molecule has 2 aromatic heterocycles. The molecular weight excluding hydrogens is 509 g/mol. The maximum absolute atomic E-state index is 13.1. The van der Waals surface area contributed by atoms with E-state index in [4.69, 9.17) is 0 Å². The first-order valence-corrected chi connectivity index (χ1v) is 13.1. The fraction of sp³-hybridized carbons (Fsp3) is 0.227. The number of aromatic nitrogens is 3. The van der Waals surface area contributed by atoms with Crippen LogP contribution in [0.15, 0.2) is 59.8 Å². The first kappa shape index (κ1) is 19.5. The molecule has 0 saturated carbocycles. The predicted octanol–water partition coefficient (Wildman–Crippen LogP) is 4.91. The van der Waals surface area contributed by atoms with Gasteiger partial charge in [0.05, 0.1) is 34.4 Å². The van der Waals surface area contributed by atoms with Gasteiger partial charge in [0.15, 0.2) is 0 Å². The van der Waals surface area contributed by atoms with E-state index in [-0.39, 0.29) is 11.6 Å². The lowest BCUT2D eigenvalue weighted by atomic mass is 10.0. The summed E-state index contributed by atoms with van der Waals surface area (Å²) in [4.78, 5) is 19.9. The van der Waals surface area contributed by atoms with Gasteiger partial charge in [-0.2, -0.15) is 5.26 Å². The number of benzene rings is 2. The second kappa shape index (κ2) is 7.96. The van der Waals surface area contributed by atoms with Crippen molar-refractivity contribution in [3.63, 3.8) is 0 Å². The Kier molecular flexibility index (Phi) is 5.16. The zero-order valence-corrected chi connectivity index (χ0v) is 19.0. The van der Waals surface area contributed by atoms with Gasteiger partial charge in [-0.1, -0.05) is 12.1 Å². The van der Waals surface area contributed by atoms with Gasteiger partial charge in [0.2, 0.25) is 0 Å². The lowest BCUT2D eigenvalue weighted by Gasteiger charge is -2.35. The number of anilines is 1. The number of para-hydroxylation sites is 1. The molecule has 0 N–H and O–H groups in total. The minimum atomic E-state index is 0.0184. The van der Waals surface area contributed by atoms with E-state index in [1.54, 1.807) is 20.0 Å². The highest BCUT2D eigenvalue weighted by Gasteiger charge is 2.25. The van der Waals surface area contributed by atoms with Gasteiger partial charge in [0, 0.05) is 60.7 Å². The summed E-state index contributed by atoms with van der Waals surface area (Å²) in [6.07, 6.45) is 5.63. The molecule has 5 rings (SSSR count). The topological polar surface area (TPSA) is 66.8 Å². The first-order chi connectivity index (χ1) is 14.7. The van der Waals surface area contributed by atoms with Gasteiger partial charge in [-0.3, -0.25) is 13.3 Å². The average Bonchev–Trinajstić information content (AvgIpc) is 3.23. The number of fused-ring (bicyclic) bond motifs is 2. The summed E-state index contributed by atoms with van der Waals surface area (Å²) < 4.78 is 3.82. The summed E-state index contributed by atoms with van der Waals surface area (Å²) in [5.74, 6) is 0. The van der Waals surface area contributed by atoms with Crippen molar-refractivity contribution in [1.29, 1.82) is 5.26 Å². The summed E-state index contributed by atoms with van der Waals surface area (Å²) in [6.45, 7) is 1.67. The average molecular weight is 527 g/mol. The Morgan fingerprint density at radius 3 is 2.87 bits per heavy atom. The summed E-state index contributed by atoms with van der Waals surface area (Å²) >= 11 is 2.23. The number of nitriles is 1. The lowest BCUT2D eigenvalue weighted by Crippen LogP contribution is -2.40. The van der Waals surface area contributed by atoms with Crippen LogP contribution in [0.2, 0.25) is 0 Å². The van der Waals surface area contributed by atoms with Crippen molar-refractivity contribution in [2.75, 3.05) is 18.0 Å². The fourth-order valence-corrected chi connectivity index (χ4v) is 5.74. The second-order valence-corrected chi connectivity index (χ2v) is 9.15. The zero-order chi connectivity index (χ0) is 20.7. The van der Waals surface area contributed by atoms with Crippen LogP contribution >= 0.6 is 30.3 Å². The summed E-state index contributed by atoms with van der Waals surface area (Å²) in [7, 11) is 1.55. The van der Waals surface area contributed by atoms with E-state index in [2.05, 4.69) is 43.2 Å². The number of hydrogen-bond donors (Lipinski definition) is 0. The Balaban J connectivity index is 1.54. The number of hydrogen-bond acceptors (Lipinski definition) is 5. The third kappa shape index (κ3) is 3.17. The molecule has 1 aliphatic heterocycles. The molecule has 0 unspecified atom stereocenters. The van der Waals surface area contributed by atoms with Crippen molar-refractivity contribution >= 4 is 57.8 Å². The third-order valence-electron chi connectivity index (χ3n) is 5.81. The summed E-state index contributed by atoms with van der Waals surface area (Å²) in [5.41, 5.74) is 3.48. The smallest absolute Gasteiger partial charge is 0.261 e. The number of rotatable bonds is 3. The number of nitrogens with zero attached hydrogens (tertiary/aromatic N) is 5. The van der Waals surface area contributed by atoms with E-state index in [1.807, 2.05) is 46.6 Å². The van der Waals surface area contributed by atoms with Gasteiger partial charge in [-0.15, -0.1) is 0 Å². The molecule has 6 nitrogen and oxygen atoms in total. The van der Waals surface area contributed by atoms with E-state index >= 15 is 0 Å². The van der Waals surface area contributed by atoms with E-state index < -0.39 is 0 Å². The van der Waals surface area contributed by atoms with Crippen LogP contribution in [0.5, 0.6) is 0 Å². The second-order valence-electron chi connectivity index (χ2n) is 7.43. The molecule has 0 aliphatic carbocycles. The molecule has 1 aliphatic rings. The monoisotopic (exact) mass is 527 g/mol. The normalized spacial score (nSPS) is 16.8. The fourth-order valence-electron chi connectivity index (χ4n) is 4.38. The van der Waals surface area contributed by atoms with Crippen LogP contribution in [0.3, 0.4) is 0 Å².